The molecule has 1 aliphatic rings. The Hall–Kier alpha value is -2.42. The van der Waals surface area contributed by atoms with Crippen molar-refractivity contribution in [2.45, 2.75) is 0 Å². The normalized spacial score (nSPS) is 13.2. The van der Waals surface area contributed by atoms with Crippen molar-refractivity contribution in [2.24, 2.45) is 0 Å². The molecule has 0 aromatic heterocycles. The van der Waals surface area contributed by atoms with Crippen molar-refractivity contribution < 1.29 is 5.11 Å². The lowest BCUT2D eigenvalue weighted by Gasteiger charge is -2.21. The summed E-state index contributed by atoms with van der Waals surface area (Å²) in [5.41, 5.74) is 3.61. The van der Waals surface area contributed by atoms with E-state index in [-0.39, 0.29) is 17.2 Å². The van der Waals surface area contributed by atoms with Gasteiger partial charge >= 0.3 is 0 Å². The van der Waals surface area contributed by atoms with Crippen LogP contribution in [0.3, 0.4) is 0 Å². The Morgan fingerprint density at radius 3 is 2.06 bits per heavy atom. The van der Waals surface area contributed by atoms with E-state index in [1.165, 1.54) is 0 Å². The fourth-order valence-electron chi connectivity index (χ4n) is 2.18. The molecule has 0 aliphatic heterocycles. The van der Waals surface area contributed by atoms with E-state index in [1.54, 1.807) is 18.2 Å². The molecule has 3 N–H and O–H groups in total. The summed E-state index contributed by atoms with van der Waals surface area (Å²) >= 11 is 0. The minimum Gasteiger partial charge on any atom is -0.508 e. The summed E-state index contributed by atoms with van der Waals surface area (Å²) < 4.78 is 0. The fraction of sp³-hybridized carbons (Fsp3) is 0. The van der Waals surface area contributed by atoms with Crippen LogP contribution in [-0.2, 0) is 0 Å². The Morgan fingerprint density at radius 2 is 1.29 bits per heavy atom. The van der Waals surface area contributed by atoms with Crippen LogP contribution in [0.5, 0.6) is 5.75 Å². The second kappa shape index (κ2) is 3.28. The van der Waals surface area contributed by atoms with Crippen LogP contribution in [0.4, 0.5) is 0 Å². The lowest BCUT2D eigenvalue weighted by molar-refractivity contribution is 0.475. The molecule has 0 unspecified atom stereocenters. The quantitative estimate of drug-likeness (QED) is 0.630. The molecule has 3 nitrogen and oxygen atoms in total. The Kier molecular flexibility index (Phi) is 1.89. The van der Waals surface area contributed by atoms with Crippen LogP contribution in [0, 0.1) is 10.8 Å². The number of aromatic hydroxyl groups is 1. The predicted molar refractivity (Wildman–Crippen MR) is 67.2 cm³/mol. The van der Waals surface area contributed by atoms with Gasteiger partial charge in [0.05, 0.1) is 11.4 Å². The van der Waals surface area contributed by atoms with Crippen LogP contribution in [0.1, 0.15) is 11.1 Å². The molecule has 0 atom stereocenters. The third-order valence-corrected chi connectivity index (χ3v) is 3.01. The van der Waals surface area contributed by atoms with Crippen molar-refractivity contribution in [1.82, 2.24) is 0 Å². The van der Waals surface area contributed by atoms with Crippen LogP contribution in [-0.4, -0.2) is 16.5 Å². The van der Waals surface area contributed by atoms with Crippen molar-refractivity contribution in [2.75, 3.05) is 0 Å². The van der Waals surface area contributed by atoms with Gasteiger partial charge in [-0.2, -0.15) is 0 Å². The van der Waals surface area contributed by atoms with Gasteiger partial charge < -0.3 is 5.11 Å². The highest BCUT2D eigenvalue weighted by Crippen LogP contribution is 2.34. The minimum absolute atomic E-state index is 0.126. The van der Waals surface area contributed by atoms with Crippen LogP contribution >= 0.6 is 0 Å². The fourth-order valence-corrected chi connectivity index (χ4v) is 2.18. The molecule has 0 fully saturated rings. The topological polar surface area (TPSA) is 67.9 Å². The van der Waals surface area contributed by atoms with Gasteiger partial charge in [0.15, 0.2) is 0 Å². The van der Waals surface area contributed by atoms with Gasteiger partial charge in [0.2, 0.25) is 0 Å². The Balaban J connectivity index is 2.40. The van der Waals surface area contributed by atoms with Gasteiger partial charge in [-0.25, -0.2) is 0 Å². The second-order valence-corrected chi connectivity index (χ2v) is 4.03. The molecule has 0 spiro atoms. The van der Waals surface area contributed by atoms with Crippen molar-refractivity contribution in [3.63, 3.8) is 0 Å². The molecule has 0 amide bonds. The number of fused-ring (bicyclic) bond motifs is 3. The van der Waals surface area contributed by atoms with Gasteiger partial charge in [0, 0.05) is 11.1 Å². The first-order valence-electron chi connectivity index (χ1n) is 5.29. The highest BCUT2D eigenvalue weighted by atomic mass is 16.3. The molecule has 0 radical (unpaired) electrons. The lowest BCUT2D eigenvalue weighted by Crippen LogP contribution is -2.21. The molecule has 0 saturated heterocycles. The first kappa shape index (κ1) is 9.78. The van der Waals surface area contributed by atoms with E-state index in [0.29, 0.717) is 5.56 Å². The number of hydrogen-bond donors (Lipinski definition) is 3. The molecule has 3 heteroatoms. The molecule has 82 valence electrons. The highest BCUT2D eigenvalue weighted by molar-refractivity contribution is 6.55. The monoisotopic (exact) mass is 222 g/mol. The zero-order valence-corrected chi connectivity index (χ0v) is 8.99. The molecule has 2 aromatic carbocycles. The lowest BCUT2D eigenvalue weighted by atomic mass is 9.83. The number of phenols is 1. The molecule has 0 saturated carbocycles. The molecule has 17 heavy (non-hydrogen) atoms. The van der Waals surface area contributed by atoms with Crippen LogP contribution in [0.15, 0.2) is 42.5 Å². The summed E-state index contributed by atoms with van der Waals surface area (Å²) in [5, 5.41) is 25.4. The first-order valence-corrected chi connectivity index (χ1v) is 5.29. The van der Waals surface area contributed by atoms with Gasteiger partial charge in [0.1, 0.15) is 5.75 Å². The maximum atomic E-state index is 9.47. The van der Waals surface area contributed by atoms with Crippen LogP contribution in [0.25, 0.3) is 11.1 Å². The number of phenolic OH excluding ortho intramolecular Hbond substituents is 1. The van der Waals surface area contributed by atoms with Gasteiger partial charge in [0.25, 0.3) is 0 Å². The number of benzene rings is 2. The van der Waals surface area contributed by atoms with E-state index in [0.717, 1.165) is 16.7 Å². The van der Waals surface area contributed by atoms with Gasteiger partial charge in [-0.1, -0.05) is 30.3 Å². The summed E-state index contributed by atoms with van der Waals surface area (Å²) in [7, 11) is 0. The maximum absolute atomic E-state index is 9.47. The molecular weight excluding hydrogens is 212 g/mol. The average molecular weight is 222 g/mol. The van der Waals surface area contributed by atoms with Crippen molar-refractivity contribution in [3.8, 4) is 16.9 Å². The zero-order valence-electron chi connectivity index (χ0n) is 8.99. The molecule has 3 rings (SSSR count). The van der Waals surface area contributed by atoms with Gasteiger partial charge in [-0.05, 0) is 23.3 Å². The standard InChI is InChI=1S/C14H10N2O/c15-13-11-4-2-1-3-9(11)10-6-5-8(17)7-12(10)14(13)16/h1-7,15-17H. The van der Waals surface area contributed by atoms with E-state index >= 15 is 0 Å². The summed E-state index contributed by atoms with van der Waals surface area (Å²) in [6.45, 7) is 0. The number of hydrogen-bond acceptors (Lipinski definition) is 3. The van der Waals surface area contributed by atoms with Crippen LogP contribution in [0.2, 0.25) is 0 Å². The van der Waals surface area contributed by atoms with E-state index in [9.17, 15) is 5.11 Å². The van der Waals surface area contributed by atoms with Gasteiger partial charge in [-0.15, -0.1) is 0 Å². The SMILES string of the molecule is N=C1C(=N)c2cc(O)ccc2-c2ccccc21. The molecule has 0 bridgehead atoms. The summed E-state index contributed by atoms with van der Waals surface area (Å²) in [6.07, 6.45) is 0. The van der Waals surface area contributed by atoms with E-state index in [2.05, 4.69) is 0 Å². The summed E-state index contributed by atoms with van der Waals surface area (Å²) in [6, 6.07) is 12.5. The van der Waals surface area contributed by atoms with Crippen molar-refractivity contribution in [1.29, 1.82) is 10.8 Å². The molecule has 1 aliphatic carbocycles. The van der Waals surface area contributed by atoms with Gasteiger partial charge in [-0.3, -0.25) is 10.8 Å². The number of nitrogens with one attached hydrogen (secondary N) is 2. The van der Waals surface area contributed by atoms with Crippen molar-refractivity contribution in [3.05, 3.63) is 53.6 Å². The van der Waals surface area contributed by atoms with Crippen molar-refractivity contribution >= 4 is 11.4 Å². The zero-order chi connectivity index (χ0) is 12.0. The Labute approximate surface area is 98.4 Å². The number of rotatable bonds is 0. The van der Waals surface area contributed by atoms with E-state index in [1.807, 2.05) is 24.3 Å². The molecule has 2 aromatic rings. The molecule has 0 heterocycles. The minimum atomic E-state index is 0.126. The third kappa shape index (κ3) is 1.29. The van der Waals surface area contributed by atoms with E-state index in [4.69, 9.17) is 10.8 Å². The third-order valence-electron chi connectivity index (χ3n) is 3.01. The summed E-state index contributed by atoms with van der Waals surface area (Å²) in [4.78, 5) is 0. The highest BCUT2D eigenvalue weighted by Gasteiger charge is 2.24. The van der Waals surface area contributed by atoms with E-state index < -0.39 is 0 Å². The Bertz CT molecular complexity index is 659. The average Bonchev–Trinajstić information content (AvgIpc) is 2.36. The molecular formula is C14H10N2O. The second-order valence-electron chi connectivity index (χ2n) is 4.03. The summed E-state index contributed by atoms with van der Waals surface area (Å²) in [5.74, 6) is 0.126. The Morgan fingerprint density at radius 1 is 0.706 bits per heavy atom. The smallest absolute Gasteiger partial charge is 0.116 e. The van der Waals surface area contributed by atoms with Crippen LogP contribution < -0.4 is 0 Å². The predicted octanol–water partition coefficient (Wildman–Crippen LogP) is 2.81. The first-order chi connectivity index (χ1) is 8.18. The maximum Gasteiger partial charge on any atom is 0.116 e. The largest absolute Gasteiger partial charge is 0.508 e.